The molecule has 1 aromatic rings. The molecule has 2 nitrogen and oxygen atoms in total. The molecule has 0 saturated heterocycles. The van der Waals surface area contributed by atoms with Crippen molar-refractivity contribution in [3.05, 3.63) is 16.1 Å². The maximum atomic E-state index is 6.04. The number of nitrogens with zero attached hydrogens (tertiary/aromatic N) is 1. The van der Waals surface area contributed by atoms with Gasteiger partial charge in [0.05, 0.1) is 11.7 Å². The number of thiazole rings is 1. The van der Waals surface area contributed by atoms with Crippen LogP contribution in [0.4, 0.5) is 0 Å². The standard InChI is InChI=1S/C11H20N2S/c1-5-8(4)9-6-14-11(13-9)10(12)7(2)3/h6-8,10H,5,12H2,1-4H3. The molecular weight excluding hydrogens is 192 g/mol. The average Bonchev–Trinajstić information content (AvgIpc) is 2.64. The minimum atomic E-state index is 0.0952. The van der Waals surface area contributed by atoms with E-state index in [2.05, 4.69) is 38.1 Å². The molecule has 0 aliphatic carbocycles. The van der Waals surface area contributed by atoms with Crippen molar-refractivity contribution in [3.8, 4) is 0 Å². The fraction of sp³-hybridized carbons (Fsp3) is 0.727. The molecule has 0 amide bonds. The molecule has 2 N–H and O–H groups in total. The molecule has 1 heterocycles. The summed E-state index contributed by atoms with van der Waals surface area (Å²) in [5, 5.41) is 3.22. The predicted molar refractivity (Wildman–Crippen MR) is 62.6 cm³/mol. The highest BCUT2D eigenvalue weighted by atomic mass is 32.1. The van der Waals surface area contributed by atoms with Crippen LogP contribution < -0.4 is 5.73 Å². The second kappa shape index (κ2) is 4.89. The Morgan fingerprint density at radius 3 is 2.57 bits per heavy atom. The Balaban J connectivity index is 2.77. The molecule has 0 saturated carbocycles. The SMILES string of the molecule is CCC(C)c1csc(C(N)C(C)C)n1. The van der Waals surface area contributed by atoms with Crippen LogP contribution in [0.3, 0.4) is 0 Å². The molecule has 1 rings (SSSR count). The zero-order chi connectivity index (χ0) is 10.7. The van der Waals surface area contributed by atoms with Gasteiger partial charge in [0.25, 0.3) is 0 Å². The van der Waals surface area contributed by atoms with Crippen LogP contribution in [0.1, 0.15) is 56.8 Å². The van der Waals surface area contributed by atoms with Gasteiger partial charge < -0.3 is 5.73 Å². The van der Waals surface area contributed by atoms with Crippen molar-refractivity contribution >= 4 is 11.3 Å². The molecule has 0 radical (unpaired) electrons. The zero-order valence-electron chi connectivity index (χ0n) is 9.45. The fourth-order valence-corrected chi connectivity index (χ4v) is 2.29. The first-order chi connectivity index (χ1) is 6.56. The summed E-state index contributed by atoms with van der Waals surface area (Å²) in [5.74, 6) is 1.02. The number of hydrogen-bond donors (Lipinski definition) is 1. The van der Waals surface area contributed by atoms with Crippen LogP contribution in [0.15, 0.2) is 5.38 Å². The van der Waals surface area contributed by atoms with Crippen molar-refractivity contribution in [1.29, 1.82) is 0 Å². The van der Waals surface area contributed by atoms with E-state index in [1.807, 2.05) is 0 Å². The largest absolute Gasteiger partial charge is 0.322 e. The van der Waals surface area contributed by atoms with Gasteiger partial charge in [0, 0.05) is 5.38 Å². The van der Waals surface area contributed by atoms with Gasteiger partial charge in [0.1, 0.15) is 5.01 Å². The highest BCUT2D eigenvalue weighted by Gasteiger charge is 2.16. The van der Waals surface area contributed by atoms with Gasteiger partial charge in [-0.3, -0.25) is 0 Å². The van der Waals surface area contributed by atoms with Crippen molar-refractivity contribution in [3.63, 3.8) is 0 Å². The van der Waals surface area contributed by atoms with E-state index in [0.717, 1.165) is 11.4 Å². The summed E-state index contributed by atoms with van der Waals surface area (Å²) >= 11 is 1.69. The van der Waals surface area contributed by atoms with Crippen molar-refractivity contribution in [1.82, 2.24) is 4.98 Å². The normalized spacial score (nSPS) is 15.9. The maximum Gasteiger partial charge on any atom is 0.110 e. The molecular formula is C11H20N2S. The van der Waals surface area contributed by atoms with Crippen LogP contribution in [0.2, 0.25) is 0 Å². The lowest BCUT2D eigenvalue weighted by Crippen LogP contribution is -2.16. The highest BCUT2D eigenvalue weighted by molar-refractivity contribution is 7.09. The van der Waals surface area contributed by atoms with Crippen molar-refractivity contribution < 1.29 is 0 Å². The first kappa shape index (κ1) is 11.7. The molecule has 2 atom stereocenters. The average molecular weight is 212 g/mol. The molecule has 14 heavy (non-hydrogen) atoms. The summed E-state index contributed by atoms with van der Waals surface area (Å²) in [6.45, 7) is 8.66. The summed E-state index contributed by atoms with van der Waals surface area (Å²) in [5.41, 5.74) is 7.24. The zero-order valence-corrected chi connectivity index (χ0v) is 10.3. The predicted octanol–water partition coefficient (Wildman–Crippen LogP) is 3.31. The summed E-state index contributed by atoms with van der Waals surface area (Å²) in [7, 11) is 0. The molecule has 0 bridgehead atoms. The Morgan fingerprint density at radius 2 is 2.07 bits per heavy atom. The van der Waals surface area contributed by atoms with Crippen LogP contribution in [-0.2, 0) is 0 Å². The molecule has 1 aromatic heterocycles. The van der Waals surface area contributed by atoms with Gasteiger partial charge in [0.15, 0.2) is 0 Å². The van der Waals surface area contributed by atoms with Crippen LogP contribution in [0.25, 0.3) is 0 Å². The Kier molecular flexibility index (Phi) is 4.08. The summed E-state index contributed by atoms with van der Waals surface area (Å²) in [6.07, 6.45) is 1.14. The third kappa shape index (κ3) is 2.55. The molecule has 3 heteroatoms. The maximum absolute atomic E-state index is 6.04. The van der Waals surface area contributed by atoms with Crippen LogP contribution in [-0.4, -0.2) is 4.98 Å². The van der Waals surface area contributed by atoms with Crippen molar-refractivity contribution in [2.75, 3.05) is 0 Å². The highest BCUT2D eigenvalue weighted by Crippen LogP contribution is 2.26. The van der Waals surface area contributed by atoms with Gasteiger partial charge in [-0.2, -0.15) is 0 Å². The molecule has 0 aliphatic rings. The lowest BCUT2D eigenvalue weighted by molar-refractivity contribution is 0.510. The summed E-state index contributed by atoms with van der Waals surface area (Å²) in [4.78, 5) is 4.60. The lowest BCUT2D eigenvalue weighted by atomic mass is 10.1. The molecule has 80 valence electrons. The smallest absolute Gasteiger partial charge is 0.110 e. The fourth-order valence-electron chi connectivity index (χ4n) is 1.17. The second-order valence-corrected chi connectivity index (χ2v) is 5.08. The second-order valence-electron chi connectivity index (χ2n) is 4.19. The van der Waals surface area contributed by atoms with Gasteiger partial charge in [-0.1, -0.05) is 27.7 Å². The summed E-state index contributed by atoms with van der Waals surface area (Å²) < 4.78 is 0. The van der Waals surface area contributed by atoms with E-state index >= 15 is 0 Å². The van der Waals surface area contributed by atoms with Crippen LogP contribution in [0, 0.1) is 5.92 Å². The number of rotatable bonds is 4. The van der Waals surface area contributed by atoms with E-state index in [0.29, 0.717) is 11.8 Å². The van der Waals surface area contributed by atoms with E-state index in [1.165, 1.54) is 5.69 Å². The molecule has 0 fully saturated rings. The van der Waals surface area contributed by atoms with E-state index < -0.39 is 0 Å². The quantitative estimate of drug-likeness (QED) is 0.831. The molecule has 0 aliphatic heterocycles. The number of nitrogens with two attached hydrogens (primary N) is 1. The van der Waals surface area contributed by atoms with E-state index in [9.17, 15) is 0 Å². The first-order valence-corrected chi connectivity index (χ1v) is 6.15. The van der Waals surface area contributed by atoms with Gasteiger partial charge in [-0.05, 0) is 18.3 Å². The lowest BCUT2D eigenvalue weighted by Gasteiger charge is -2.12. The third-order valence-corrected chi connectivity index (χ3v) is 3.62. The van der Waals surface area contributed by atoms with E-state index in [-0.39, 0.29) is 6.04 Å². The Morgan fingerprint density at radius 1 is 1.43 bits per heavy atom. The Hall–Kier alpha value is -0.410. The van der Waals surface area contributed by atoms with Gasteiger partial charge in [-0.25, -0.2) is 4.98 Å². The van der Waals surface area contributed by atoms with Gasteiger partial charge in [0.2, 0.25) is 0 Å². The van der Waals surface area contributed by atoms with Gasteiger partial charge in [-0.15, -0.1) is 11.3 Å². The third-order valence-electron chi connectivity index (χ3n) is 2.66. The van der Waals surface area contributed by atoms with E-state index in [1.54, 1.807) is 11.3 Å². The monoisotopic (exact) mass is 212 g/mol. The minimum absolute atomic E-state index is 0.0952. The van der Waals surface area contributed by atoms with Crippen molar-refractivity contribution in [2.45, 2.75) is 46.1 Å². The van der Waals surface area contributed by atoms with E-state index in [4.69, 9.17) is 5.73 Å². The number of aromatic nitrogens is 1. The topological polar surface area (TPSA) is 38.9 Å². The molecule has 0 spiro atoms. The minimum Gasteiger partial charge on any atom is -0.322 e. The Bertz CT molecular complexity index is 281. The van der Waals surface area contributed by atoms with Crippen LogP contribution >= 0.6 is 11.3 Å². The molecule has 0 aromatic carbocycles. The first-order valence-electron chi connectivity index (χ1n) is 5.27. The number of hydrogen-bond acceptors (Lipinski definition) is 3. The summed E-state index contributed by atoms with van der Waals surface area (Å²) in [6, 6.07) is 0.0952. The Labute approximate surface area is 90.6 Å². The molecule has 2 unspecified atom stereocenters. The van der Waals surface area contributed by atoms with Crippen LogP contribution in [0.5, 0.6) is 0 Å². The van der Waals surface area contributed by atoms with Crippen molar-refractivity contribution in [2.24, 2.45) is 11.7 Å². The van der Waals surface area contributed by atoms with Gasteiger partial charge >= 0.3 is 0 Å².